The van der Waals surface area contributed by atoms with Crippen molar-refractivity contribution in [2.45, 2.75) is 82.7 Å². The fraction of sp³-hybridized carbons (Fsp3) is 0.682. The first-order valence-electron chi connectivity index (χ1n) is 10.6. The number of rotatable bonds is 6. The van der Waals surface area contributed by atoms with Gasteiger partial charge in [-0.05, 0) is 56.9 Å². The second kappa shape index (κ2) is 6.97. The first kappa shape index (κ1) is 16.8. The second-order valence-electron chi connectivity index (χ2n) is 8.85. The van der Waals surface area contributed by atoms with Crippen LogP contribution < -0.4 is 0 Å². The minimum absolute atomic E-state index is 0.527. The summed E-state index contributed by atoms with van der Waals surface area (Å²) >= 11 is 0. The van der Waals surface area contributed by atoms with Crippen LogP contribution >= 0.6 is 0 Å². The van der Waals surface area contributed by atoms with E-state index in [2.05, 4.69) is 45.9 Å². The van der Waals surface area contributed by atoms with E-state index in [-0.39, 0.29) is 0 Å². The second-order valence-corrected chi connectivity index (χ2v) is 8.85. The third-order valence-electron chi connectivity index (χ3n) is 6.84. The molecular formula is C22H31N3O. The average molecular weight is 354 g/mol. The highest BCUT2D eigenvalue weighted by Gasteiger charge is 2.42. The lowest BCUT2D eigenvalue weighted by atomic mass is 9.93. The van der Waals surface area contributed by atoms with E-state index in [1.807, 2.05) is 6.20 Å². The van der Waals surface area contributed by atoms with Gasteiger partial charge in [-0.15, -0.1) is 0 Å². The summed E-state index contributed by atoms with van der Waals surface area (Å²) in [5.74, 6) is 0.616. The molecule has 4 heteroatoms. The summed E-state index contributed by atoms with van der Waals surface area (Å²) in [6.45, 7) is 4.58. The zero-order chi connectivity index (χ0) is 17.5. The van der Waals surface area contributed by atoms with Crippen LogP contribution in [0.4, 0.5) is 0 Å². The molecule has 4 nitrogen and oxygen atoms in total. The summed E-state index contributed by atoms with van der Waals surface area (Å²) in [5, 5.41) is 5.86. The van der Waals surface area contributed by atoms with Crippen LogP contribution in [0.15, 0.2) is 30.5 Å². The van der Waals surface area contributed by atoms with Crippen molar-refractivity contribution in [3.63, 3.8) is 0 Å². The van der Waals surface area contributed by atoms with Crippen molar-refractivity contribution in [1.82, 2.24) is 14.7 Å². The van der Waals surface area contributed by atoms with Crippen LogP contribution in [0, 0.1) is 5.92 Å². The molecule has 0 radical (unpaired) electrons. The maximum Gasteiger partial charge on any atom is 0.0682 e. The summed E-state index contributed by atoms with van der Waals surface area (Å²) in [7, 11) is 0. The quantitative estimate of drug-likeness (QED) is 0.778. The van der Waals surface area contributed by atoms with Gasteiger partial charge in [-0.3, -0.25) is 9.58 Å². The maximum atomic E-state index is 6.35. The van der Waals surface area contributed by atoms with Gasteiger partial charge in [0.05, 0.1) is 23.9 Å². The van der Waals surface area contributed by atoms with Gasteiger partial charge in [0.2, 0.25) is 0 Å². The van der Waals surface area contributed by atoms with Crippen molar-refractivity contribution in [1.29, 1.82) is 0 Å². The minimum atomic E-state index is 0.527. The Bertz CT molecular complexity index is 739. The summed E-state index contributed by atoms with van der Waals surface area (Å²) in [4.78, 5) is 2.80. The summed E-state index contributed by atoms with van der Waals surface area (Å²) in [6.07, 6.45) is 12.3. The van der Waals surface area contributed by atoms with Gasteiger partial charge < -0.3 is 4.74 Å². The normalized spacial score (nSPS) is 30.6. The van der Waals surface area contributed by atoms with Crippen molar-refractivity contribution in [3.8, 4) is 0 Å². The predicted molar refractivity (Wildman–Crippen MR) is 104 cm³/mol. The maximum absolute atomic E-state index is 6.35. The van der Waals surface area contributed by atoms with E-state index in [0.717, 1.165) is 18.6 Å². The van der Waals surface area contributed by atoms with Crippen molar-refractivity contribution < 1.29 is 4.74 Å². The molecule has 1 saturated carbocycles. The monoisotopic (exact) mass is 353 g/mol. The largest absolute Gasteiger partial charge is 0.375 e. The summed E-state index contributed by atoms with van der Waals surface area (Å²) < 4.78 is 8.54. The molecule has 0 N–H and O–H groups in total. The van der Waals surface area contributed by atoms with Gasteiger partial charge in [0.1, 0.15) is 0 Å². The van der Waals surface area contributed by atoms with Gasteiger partial charge in [0, 0.05) is 30.6 Å². The highest BCUT2D eigenvalue weighted by Crippen LogP contribution is 2.39. The molecule has 0 spiro atoms. The first-order valence-corrected chi connectivity index (χ1v) is 10.6. The van der Waals surface area contributed by atoms with Crippen LogP contribution in [0.5, 0.6) is 0 Å². The number of aromatic nitrogens is 2. The SMILES string of the molecule is C[C@H](CN1[C@H]2CC[C@H]1CC(OC1CCC1)C2)Cn1ncc2ccccc21. The van der Waals surface area contributed by atoms with E-state index >= 15 is 0 Å². The van der Waals surface area contributed by atoms with E-state index in [1.165, 1.54) is 62.4 Å². The molecule has 1 aliphatic carbocycles. The predicted octanol–water partition coefficient (Wildman–Crippen LogP) is 4.24. The molecule has 3 heterocycles. The fourth-order valence-corrected chi connectivity index (χ4v) is 5.30. The van der Waals surface area contributed by atoms with E-state index in [1.54, 1.807) is 0 Å². The Balaban J connectivity index is 1.20. The third-order valence-corrected chi connectivity index (χ3v) is 6.84. The highest BCUT2D eigenvalue weighted by atomic mass is 16.5. The molecule has 2 aliphatic heterocycles. The first-order chi connectivity index (χ1) is 12.8. The zero-order valence-electron chi connectivity index (χ0n) is 15.9. The van der Waals surface area contributed by atoms with E-state index in [4.69, 9.17) is 4.74 Å². The lowest BCUT2D eigenvalue weighted by molar-refractivity contribution is -0.0888. The number of hydrogen-bond acceptors (Lipinski definition) is 3. The molecule has 2 aromatic rings. The molecular weight excluding hydrogens is 322 g/mol. The Labute approximate surface area is 156 Å². The van der Waals surface area contributed by atoms with Gasteiger partial charge in [-0.25, -0.2) is 0 Å². The van der Waals surface area contributed by atoms with E-state index in [9.17, 15) is 0 Å². The number of para-hydroxylation sites is 1. The number of nitrogens with zero attached hydrogens (tertiary/aromatic N) is 3. The van der Waals surface area contributed by atoms with Crippen molar-refractivity contribution in [2.24, 2.45) is 5.92 Å². The molecule has 1 aromatic carbocycles. The van der Waals surface area contributed by atoms with Crippen LogP contribution in [0.3, 0.4) is 0 Å². The molecule has 2 bridgehead atoms. The Morgan fingerprint density at radius 3 is 2.54 bits per heavy atom. The van der Waals surface area contributed by atoms with Crippen LogP contribution in [0.2, 0.25) is 0 Å². The van der Waals surface area contributed by atoms with Crippen molar-refractivity contribution >= 4 is 10.9 Å². The Morgan fingerprint density at radius 2 is 1.81 bits per heavy atom. The molecule has 2 saturated heterocycles. The molecule has 140 valence electrons. The Morgan fingerprint density at radius 1 is 1.04 bits per heavy atom. The Hall–Kier alpha value is -1.39. The third kappa shape index (κ3) is 3.18. The van der Waals surface area contributed by atoms with Crippen LogP contribution in [-0.4, -0.2) is 45.5 Å². The standard InChI is InChI=1S/C22H31N3O/c1-16(15-25-22-8-3-2-5-17(22)13-23-25)14-24-18-9-10-19(24)12-21(11-18)26-20-6-4-7-20/h2-3,5,8,13,16,18-21H,4,6-7,9-12,14-15H2,1H3/t16-,18+,19+/m1/s1. The van der Waals surface area contributed by atoms with Gasteiger partial charge in [0.15, 0.2) is 0 Å². The van der Waals surface area contributed by atoms with Gasteiger partial charge in [-0.2, -0.15) is 5.10 Å². The lowest BCUT2D eigenvalue weighted by Gasteiger charge is -2.42. The highest BCUT2D eigenvalue weighted by molar-refractivity contribution is 5.78. The average Bonchev–Trinajstić information content (AvgIpc) is 3.09. The lowest BCUT2D eigenvalue weighted by Crippen LogP contribution is -2.48. The van der Waals surface area contributed by atoms with E-state index in [0.29, 0.717) is 18.1 Å². The van der Waals surface area contributed by atoms with Crippen LogP contribution in [0.1, 0.15) is 51.9 Å². The minimum Gasteiger partial charge on any atom is -0.375 e. The molecule has 1 aromatic heterocycles. The molecule has 5 rings (SSSR count). The van der Waals surface area contributed by atoms with Gasteiger partial charge in [0.25, 0.3) is 0 Å². The van der Waals surface area contributed by atoms with Crippen molar-refractivity contribution in [3.05, 3.63) is 30.5 Å². The number of hydrogen-bond donors (Lipinski definition) is 0. The molecule has 3 aliphatic rings. The Kier molecular flexibility index (Phi) is 4.49. The topological polar surface area (TPSA) is 30.3 Å². The van der Waals surface area contributed by atoms with Crippen molar-refractivity contribution in [2.75, 3.05) is 6.54 Å². The summed E-state index contributed by atoms with van der Waals surface area (Å²) in [6, 6.07) is 10.0. The number of fused-ring (bicyclic) bond motifs is 3. The molecule has 3 fully saturated rings. The van der Waals surface area contributed by atoms with E-state index < -0.39 is 0 Å². The van der Waals surface area contributed by atoms with Gasteiger partial charge >= 0.3 is 0 Å². The molecule has 26 heavy (non-hydrogen) atoms. The molecule has 3 atom stereocenters. The number of piperidine rings is 1. The van der Waals surface area contributed by atoms with Gasteiger partial charge in [-0.1, -0.05) is 25.1 Å². The summed E-state index contributed by atoms with van der Waals surface area (Å²) in [5.41, 5.74) is 1.26. The molecule has 0 unspecified atom stereocenters. The fourth-order valence-electron chi connectivity index (χ4n) is 5.30. The van der Waals surface area contributed by atoms with Crippen LogP contribution in [0.25, 0.3) is 10.9 Å². The molecule has 0 amide bonds. The smallest absolute Gasteiger partial charge is 0.0682 e. The van der Waals surface area contributed by atoms with Crippen LogP contribution in [-0.2, 0) is 11.3 Å². The zero-order valence-corrected chi connectivity index (χ0v) is 15.9. The number of benzene rings is 1. The number of ether oxygens (including phenoxy) is 1.